The van der Waals surface area contributed by atoms with Crippen LogP contribution in [0.4, 0.5) is 0 Å². The average molecular weight is 284 g/mol. The minimum absolute atomic E-state index is 0.108. The smallest absolute Gasteiger partial charge is 0.212 e. The maximum absolute atomic E-state index is 11.9. The van der Waals surface area contributed by atoms with Gasteiger partial charge >= 0.3 is 0 Å². The Morgan fingerprint density at radius 2 is 1.93 bits per heavy atom. The molecule has 84 valence electrons. The van der Waals surface area contributed by atoms with Gasteiger partial charge in [0.2, 0.25) is 10.0 Å². The summed E-state index contributed by atoms with van der Waals surface area (Å²) in [4.78, 5) is 0. The Balaban J connectivity index is 2.54. The molecule has 0 unspecified atom stereocenters. The zero-order valence-corrected chi connectivity index (χ0v) is 11.0. The van der Waals surface area contributed by atoms with E-state index in [-0.39, 0.29) is 5.25 Å². The van der Waals surface area contributed by atoms with E-state index in [1.54, 1.807) is 7.05 Å². The summed E-state index contributed by atoms with van der Waals surface area (Å²) < 4.78 is 25.4. The molecule has 3 nitrogen and oxygen atoms in total. The minimum atomic E-state index is -3.00. The molecule has 5 heteroatoms. The molecule has 14 heavy (non-hydrogen) atoms. The Morgan fingerprint density at radius 3 is 2.43 bits per heavy atom. The van der Waals surface area contributed by atoms with Crippen LogP contribution < -0.4 is 0 Å². The van der Waals surface area contributed by atoms with Gasteiger partial charge in [-0.05, 0) is 19.3 Å². The second kappa shape index (κ2) is 5.47. The number of rotatable bonds is 5. The molecule has 0 aliphatic heterocycles. The van der Waals surface area contributed by atoms with E-state index in [0.717, 1.165) is 37.4 Å². The lowest BCUT2D eigenvalue weighted by Gasteiger charge is -2.20. The highest BCUT2D eigenvalue weighted by atomic mass is 79.9. The molecule has 0 aromatic carbocycles. The van der Waals surface area contributed by atoms with Crippen molar-refractivity contribution in [1.82, 2.24) is 4.31 Å². The van der Waals surface area contributed by atoms with Crippen molar-refractivity contribution in [3.05, 3.63) is 0 Å². The fourth-order valence-corrected chi connectivity index (χ4v) is 3.92. The fraction of sp³-hybridized carbons (Fsp3) is 1.00. The van der Waals surface area contributed by atoms with Crippen molar-refractivity contribution >= 4 is 26.0 Å². The van der Waals surface area contributed by atoms with Gasteiger partial charge in [-0.25, -0.2) is 12.7 Å². The number of sulfonamides is 1. The van der Waals surface area contributed by atoms with Crippen molar-refractivity contribution in [2.75, 3.05) is 18.9 Å². The van der Waals surface area contributed by atoms with Crippen molar-refractivity contribution < 1.29 is 8.42 Å². The number of hydrogen-bond acceptors (Lipinski definition) is 2. The number of nitrogens with zero attached hydrogens (tertiary/aromatic N) is 1. The first-order valence-corrected chi connectivity index (χ1v) is 7.72. The Hall–Kier alpha value is 0.390. The van der Waals surface area contributed by atoms with E-state index in [1.807, 2.05) is 0 Å². The molecule has 1 saturated carbocycles. The van der Waals surface area contributed by atoms with Crippen LogP contribution in [0.2, 0.25) is 0 Å². The minimum Gasteiger partial charge on any atom is -0.212 e. The molecule has 0 spiro atoms. The zero-order chi connectivity index (χ0) is 10.6. The monoisotopic (exact) mass is 283 g/mol. The third-order valence-electron chi connectivity index (χ3n) is 2.76. The highest BCUT2D eigenvalue weighted by molar-refractivity contribution is 9.09. The van der Waals surface area contributed by atoms with E-state index in [0.29, 0.717) is 6.54 Å². The van der Waals surface area contributed by atoms with Gasteiger partial charge in [-0.1, -0.05) is 28.8 Å². The Morgan fingerprint density at radius 1 is 1.36 bits per heavy atom. The number of halogens is 1. The second-order valence-corrected chi connectivity index (χ2v) is 6.93. The molecular formula is C9H18BrNO2S. The standard InChI is InChI=1S/C9H18BrNO2S/c1-11(8-4-7-10)14(12,13)9-5-2-3-6-9/h9H,2-8H2,1H3. The van der Waals surface area contributed by atoms with Gasteiger partial charge in [0.15, 0.2) is 0 Å². The van der Waals surface area contributed by atoms with Gasteiger partial charge < -0.3 is 0 Å². The van der Waals surface area contributed by atoms with Gasteiger partial charge in [0.25, 0.3) is 0 Å². The van der Waals surface area contributed by atoms with E-state index in [1.165, 1.54) is 4.31 Å². The lowest BCUT2D eigenvalue weighted by molar-refractivity contribution is 0.458. The molecule has 1 aliphatic rings. The van der Waals surface area contributed by atoms with Crippen LogP contribution in [0.1, 0.15) is 32.1 Å². The summed E-state index contributed by atoms with van der Waals surface area (Å²) in [5.41, 5.74) is 0. The highest BCUT2D eigenvalue weighted by Gasteiger charge is 2.31. The summed E-state index contributed by atoms with van der Waals surface area (Å²) in [5, 5.41) is 0.750. The van der Waals surface area contributed by atoms with Crippen LogP contribution >= 0.6 is 15.9 Å². The molecule has 1 fully saturated rings. The van der Waals surface area contributed by atoms with E-state index < -0.39 is 10.0 Å². The predicted molar refractivity (Wildman–Crippen MR) is 62.2 cm³/mol. The number of hydrogen-bond donors (Lipinski definition) is 0. The summed E-state index contributed by atoms with van der Waals surface area (Å²) in [6, 6.07) is 0. The van der Waals surface area contributed by atoms with Gasteiger partial charge in [0, 0.05) is 18.9 Å². The third-order valence-corrected chi connectivity index (χ3v) is 5.69. The Kier molecular flexibility index (Phi) is 4.87. The van der Waals surface area contributed by atoms with E-state index in [9.17, 15) is 8.42 Å². The summed E-state index contributed by atoms with van der Waals surface area (Å²) in [7, 11) is -1.31. The molecular weight excluding hydrogens is 266 g/mol. The second-order valence-electron chi connectivity index (χ2n) is 3.82. The van der Waals surface area contributed by atoms with Crippen LogP contribution in [0.3, 0.4) is 0 Å². The van der Waals surface area contributed by atoms with E-state index in [4.69, 9.17) is 0 Å². The topological polar surface area (TPSA) is 37.4 Å². The van der Waals surface area contributed by atoms with E-state index in [2.05, 4.69) is 15.9 Å². The lowest BCUT2D eigenvalue weighted by Crippen LogP contribution is -2.35. The van der Waals surface area contributed by atoms with Gasteiger partial charge in [0.1, 0.15) is 0 Å². The van der Waals surface area contributed by atoms with E-state index >= 15 is 0 Å². The fourth-order valence-electron chi connectivity index (χ4n) is 1.85. The van der Waals surface area contributed by atoms with Gasteiger partial charge in [-0.2, -0.15) is 0 Å². The first-order chi connectivity index (χ1) is 6.59. The molecule has 0 amide bonds. The quantitative estimate of drug-likeness (QED) is 0.724. The van der Waals surface area contributed by atoms with Crippen LogP contribution in [0.15, 0.2) is 0 Å². The molecule has 0 aromatic heterocycles. The SMILES string of the molecule is CN(CCCBr)S(=O)(=O)C1CCCC1. The molecule has 0 heterocycles. The molecule has 1 rings (SSSR count). The Bertz CT molecular complexity index is 260. The largest absolute Gasteiger partial charge is 0.216 e. The van der Waals surface area contributed by atoms with Crippen molar-refractivity contribution in [2.24, 2.45) is 0 Å². The molecule has 0 N–H and O–H groups in total. The Labute approximate surface area is 95.0 Å². The summed E-state index contributed by atoms with van der Waals surface area (Å²) >= 11 is 3.31. The van der Waals surface area contributed by atoms with Gasteiger partial charge in [-0.15, -0.1) is 0 Å². The molecule has 0 aromatic rings. The summed E-state index contributed by atoms with van der Waals surface area (Å²) in [6.45, 7) is 0.629. The van der Waals surface area contributed by atoms with Crippen LogP contribution in [-0.4, -0.2) is 36.9 Å². The predicted octanol–water partition coefficient (Wildman–Crippen LogP) is 1.98. The van der Waals surface area contributed by atoms with Gasteiger partial charge in [0.05, 0.1) is 5.25 Å². The maximum atomic E-state index is 11.9. The van der Waals surface area contributed by atoms with Crippen molar-refractivity contribution in [2.45, 2.75) is 37.4 Å². The summed E-state index contributed by atoms with van der Waals surface area (Å²) in [6.07, 6.45) is 4.71. The highest BCUT2D eigenvalue weighted by Crippen LogP contribution is 2.26. The molecule has 0 atom stereocenters. The maximum Gasteiger partial charge on any atom is 0.216 e. The van der Waals surface area contributed by atoms with Crippen molar-refractivity contribution in [3.8, 4) is 0 Å². The van der Waals surface area contributed by atoms with Crippen LogP contribution in [-0.2, 0) is 10.0 Å². The molecule has 0 bridgehead atoms. The lowest BCUT2D eigenvalue weighted by atomic mass is 10.4. The molecule has 1 aliphatic carbocycles. The van der Waals surface area contributed by atoms with Crippen LogP contribution in [0, 0.1) is 0 Å². The number of alkyl halides is 1. The normalized spacial score (nSPS) is 19.4. The first-order valence-electron chi connectivity index (χ1n) is 5.10. The molecule has 0 radical (unpaired) electrons. The van der Waals surface area contributed by atoms with Crippen molar-refractivity contribution in [1.29, 1.82) is 0 Å². The molecule has 0 saturated heterocycles. The van der Waals surface area contributed by atoms with Crippen molar-refractivity contribution in [3.63, 3.8) is 0 Å². The van der Waals surface area contributed by atoms with Crippen LogP contribution in [0.5, 0.6) is 0 Å². The van der Waals surface area contributed by atoms with Crippen LogP contribution in [0.25, 0.3) is 0 Å². The van der Waals surface area contributed by atoms with Gasteiger partial charge in [-0.3, -0.25) is 0 Å². The zero-order valence-electron chi connectivity index (χ0n) is 8.58. The first kappa shape index (κ1) is 12.5. The average Bonchev–Trinajstić information content (AvgIpc) is 2.67. The third kappa shape index (κ3) is 2.94. The summed E-state index contributed by atoms with van der Waals surface area (Å²) in [5.74, 6) is 0.